The molecule has 2 unspecified atom stereocenters. The smallest absolute Gasteiger partial charge is 0.333 e. The standard InChI is InChI=1S/C16H24O3/c1-11(2)14(18)19-10-16-6-12-3-13(7-16)5-15(4-12,8-16)9-17/h12-13,17H,1,3-10H2,2H3. The Balaban J connectivity index is 1.73. The summed E-state index contributed by atoms with van der Waals surface area (Å²) in [7, 11) is 0. The number of hydrogen-bond acceptors (Lipinski definition) is 3. The summed E-state index contributed by atoms with van der Waals surface area (Å²) in [5.41, 5.74) is 0.735. The Morgan fingerprint density at radius 3 is 2.37 bits per heavy atom. The molecule has 4 rings (SSSR count). The topological polar surface area (TPSA) is 46.5 Å². The molecule has 0 radical (unpaired) electrons. The average Bonchev–Trinajstić information content (AvgIpc) is 2.34. The quantitative estimate of drug-likeness (QED) is 0.627. The second kappa shape index (κ2) is 4.34. The summed E-state index contributed by atoms with van der Waals surface area (Å²) >= 11 is 0. The zero-order valence-electron chi connectivity index (χ0n) is 11.8. The van der Waals surface area contributed by atoms with Crippen molar-refractivity contribution in [2.75, 3.05) is 13.2 Å². The van der Waals surface area contributed by atoms with Crippen LogP contribution < -0.4 is 0 Å². The van der Waals surface area contributed by atoms with E-state index in [-0.39, 0.29) is 16.8 Å². The minimum atomic E-state index is -0.270. The van der Waals surface area contributed by atoms with E-state index in [1.165, 1.54) is 32.1 Å². The molecule has 0 aromatic rings. The summed E-state index contributed by atoms with van der Waals surface area (Å²) < 4.78 is 5.46. The third-order valence-corrected chi connectivity index (χ3v) is 5.50. The lowest BCUT2D eigenvalue weighted by Gasteiger charge is -2.61. The molecule has 0 spiro atoms. The highest BCUT2D eigenvalue weighted by molar-refractivity contribution is 5.86. The molecule has 0 aliphatic heterocycles. The van der Waals surface area contributed by atoms with Crippen LogP contribution in [0.5, 0.6) is 0 Å². The SMILES string of the molecule is C=C(C)C(=O)OCC12CC3CC(CC(CO)(C3)C1)C2. The van der Waals surface area contributed by atoms with Gasteiger partial charge >= 0.3 is 5.97 Å². The molecule has 4 saturated carbocycles. The van der Waals surface area contributed by atoms with Crippen LogP contribution in [-0.2, 0) is 9.53 Å². The second-order valence-corrected chi connectivity index (χ2v) is 7.48. The van der Waals surface area contributed by atoms with Crippen LogP contribution in [0.1, 0.15) is 45.4 Å². The molecule has 3 nitrogen and oxygen atoms in total. The first-order chi connectivity index (χ1) is 8.96. The van der Waals surface area contributed by atoms with E-state index in [4.69, 9.17) is 4.74 Å². The van der Waals surface area contributed by atoms with Crippen molar-refractivity contribution in [1.29, 1.82) is 0 Å². The molecule has 0 heterocycles. The maximum Gasteiger partial charge on any atom is 0.333 e. The minimum Gasteiger partial charge on any atom is -0.462 e. The van der Waals surface area contributed by atoms with Crippen molar-refractivity contribution in [3.63, 3.8) is 0 Å². The molecule has 2 atom stereocenters. The number of aliphatic hydroxyl groups excluding tert-OH is 1. The fraction of sp³-hybridized carbons (Fsp3) is 0.812. The van der Waals surface area contributed by atoms with Gasteiger partial charge in [-0.2, -0.15) is 0 Å². The number of rotatable bonds is 4. The molecule has 3 heteroatoms. The van der Waals surface area contributed by atoms with Crippen LogP contribution in [0.15, 0.2) is 12.2 Å². The number of esters is 1. The fourth-order valence-corrected chi connectivity index (χ4v) is 5.35. The van der Waals surface area contributed by atoms with Gasteiger partial charge in [0.15, 0.2) is 0 Å². The molecule has 4 aliphatic carbocycles. The number of aliphatic hydroxyl groups is 1. The van der Waals surface area contributed by atoms with E-state index < -0.39 is 0 Å². The maximum absolute atomic E-state index is 11.6. The van der Waals surface area contributed by atoms with Gasteiger partial charge in [-0.25, -0.2) is 4.79 Å². The summed E-state index contributed by atoms with van der Waals surface area (Å²) in [5.74, 6) is 1.20. The predicted molar refractivity (Wildman–Crippen MR) is 72.4 cm³/mol. The van der Waals surface area contributed by atoms with Crippen LogP contribution in [-0.4, -0.2) is 24.3 Å². The number of carbonyl (C=O) groups is 1. The van der Waals surface area contributed by atoms with Crippen molar-refractivity contribution >= 4 is 5.97 Å². The summed E-state index contributed by atoms with van der Waals surface area (Å²) in [4.78, 5) is 11.6. The third-order valence-electron chi connectivity index (χ3n) is 5.50. The molecule has 0 aromatic heterocycles. The van der Waals surface area contributed by atoms with Gasteiger partial charge in [-0.15, -0.1) is 0 Å². The van der Waals surface area contributed by atoms with Gasteiger partial charge < -0.3 is 9.84 Å². The predicted octanol–water partition coefficient (Wildman–Crippen LogP) is 2.68. The van der Waals surface area contributed by atoms with E-state index in [0.717, 1.165) is 18.3 Å². The van der Waals surface area contributed by atoms with Crippen LogP contribution in [0.3, 0.4) is 0 Å². The molecule has 0 aromatic carbocycles. The van der Waals surface area contributed by atoms with Gasteiger partial charge in [0.25, 0.3) is 0 Å². The van der Waals surface area contributed by atoms with Crippen molar-refractivity contribution in [3.05, 3.63) is 12.2 Å². The van der Waals surface area contributed by atoms with E-state index in [1.807, 2.05) is 0 Å². The van der Waals surface area contributed by atoms with Gasteiger partial charge in [-0.3, -0.25) is 0 Å². The first-order valence-electron chi connectivity index (χ1n) is 7.39. The lowest BCUT2D eigenvalue weighted by atomic mass is 9.44. The van der Waals surface area contributed by atoms with Gasteiger partial charge in [0.1, 0.15) is 0 Å². The zero-order chi connectivity index (χ0) is 13.7. The lowest BCUT2D eigenvalue weighted by Crippen LogP contribution is -2.55. The summed E-state index contributed by atoms with van der Waals surface area (Å²) in [6, 6.07) is 0. The molecule has 1 N–H and O–H groups in total. The van der Waals surface area contributed by atoms with Gasteiger partial charge in [-0.05, 0) is 62.7 Å². The Morgan fingerprint density at radius 1 is 1.26 bits per heavy atom. The molecule has 0 amide bonds. The molecule has 4 bridgehead atoms. The van der Waals surface area contributed by atoms with Crippen LogP contribution >= 0.6 is 0 Å². The normalized spacial score (nSPS) is 43.3. The third kappa shape index (κ3) is 2.22. The van der Waals surface area contributed by atoms with Crippen LogP contribution in [0.2, 0.25) is 0 Å². The monoisotopic (exact) mass is 264 g/mol. The van der Waals surface area contributed by atoms with Crippen LogP contribution in [0, 0.1) is 22.7 Å². The van der Waals surface area contributed by atoms with E-state index in [9.17, 15) is 9.90 Å². The molecule has 106 valence electrons. The zero-order valence-corrected chi connectivity index (χ0v) is 11.8. The van der Waals surface area contributed by atoms with Crippen molar-refractivity contribution < 1.29 is 14.6 Å². The second-order valence-electron chi connectivity index (χ2n) is 7.48. The van der Waals surface area contributed by atoms with Crippen molar-refractivity contribution in [2.24, 2.45) is 22.7 Å². The Labute approximate surface area is 115 Å². The van der Waals surface area contributed by atoms with Crippen molar-refractivity contribution in [1.82, 2.24) is 0 Å². The number of hydrogen-bond donors (Lipinski definition) is 1. The van der Waals surface area contributed by atoms with Crippen LogP contribution in [0.25, 0.3) is 0 Å². The van der Waals surface area contributed by atoms with Crippen LogP contribution in [0.4, 0.5) is 0 Å². The van der Waals surface area contributed by atoms with Gasteiger partial charge in [0.2, 0.25) is 0 Å². The molecule has 0 saturated heterocycles. The summed E-state index contributed by atoms with van der Waals surface area (Å²) in [5, 5.41) is 9.79. The van der Waals surface area contributed by atoms with Gasteiger partial charge in [-0.1, -0.05) is 6.58 Å². The molecular formula is C16H24O3. The van der Waals surface area contributed by atoms with Crippen molar-refractivity contribution in [3.8, 4) is 0 Å². The van der Waals surface area contributed by atoms with Crippen molar-refractivity contribution in [2.45, 2.75) is 45.4 Å². The Kier molecular flexibility index (Phi) is 3.01. The van der Waals surface area contributed by atoms with E-state index in [2.05, 4.69) is 6.58 Å². The highest BCUT2D eigenvalue weighted by Crippen LogP contribution is 2.65. The molecular weight excluding hydrogens is 240 g/mol. The Morgan fingerprint density at radius 2 is 1.84 bits per heavy atom. The average molecular weight is 264 g/mol. The first kappa shape index (κ1) is 13.2. The van der Waals surface area contributed by atoms with E-state index in [1.54, 1.807) is 6.92 Å². The van der Waals surface area contributed by atoms with Gasteiger partial charge in [0.05, 0.1) is 6.61 Å². The largest absolute Gasteiger partial charge is 0.462 e. The minimum absolute atomic E-state index is 0.125. The number of carbonyl (C=O) groups excluding carboxylic acids is 1. The lowest BCUT2D eigenvalue weighted by molar-refractivity contribution is -0.166. The molecule has 4 fully saturated rings. The highest BCUT2D eigenvalue weighted by atomic mass is 16.5. The van der Waals surface area contributed by atoms with E-state index >= 15 is 0 Å². The Bertz CT molecular complexity index is 398. The molecule has 4 aliphatic rings. The Hall–Kier alpha value is -0.830. The van der Waals surface area contributed by atoms with E-state index in [0.29, 0.717) is 18.8 Å². The number of ether oxygens (including phenoxy) is 1. The first-order valence-corrected chi connectivity index (χ1v) is 7.39. The fourth-order valence-electron chi connectivity index (χ4n) is 5.35. The molecule has 19 heavy (non-hydrogen) atoms. The van der Waals surface area contributed by atoms with Gasteiger partial charge in [0, 0.05) is 17.6 Å². The summed E-state index contributed by atoms with van der Waals surface area (Å²) in [6.45, 7) is 6.15. The highest BCUT2D eigenvalue weighted by Gasteiger charge is 2.57. The maximum atomic E-state index is 11.6. The summed E-state index contributed by atoms with van der Waals surface area (Å²) in [6.07, 6.45) is 7.06.